The lowest BCUT2D eigenvalue weighted by molar-refractivity contribution is -0.137. The molecule has 11 heteroatoms. The van der Waals surface area contributed by atoms with E-state index in [0.717, 1.165) is 18.4 Å². The lowest BCUT2D eigenvalue weighted by atomic mass is 9.98. The molecule has 0 aliphatic carbocycles. The standard InChI is InChI=1S/C28H21ClF3N3O3S/c1-16-24(29)15-35(34-16)25-12-9-20(19-5-4-6-22(13-19)39(3,36)37)14-23(25)27-26(33-17(2)38-27)18-7-10-21(11-8-18)28(30,31)32/h4-15H,1-3H3. The highest BCUT2D eigenvalue weighted by molar-refractivity contribution is 7.90. The van der Waals surface area contributed by atoms with Crippen LogP contribution in [0.1, 0.15) is 17.1 Å². The van der Waals surface area contributed by atoms with Crippen LogP contribution >= 0.6 is 11.6 Å². The van der Waals surface area contributed by atoms with Crippen molar-refractivity contribution >= 4 is 21.4 Å². The average molecular weight is 572 g/mol. The number of hydrogen-bond donors (Lipinski definition) is 0. The summed E-state index contributed by atoms with van der Waals surface area (Å²) in [6, 6.07) is 16.6. The van der Waals surface area contributed by atoms with E-state index < -0.39 is 21.6 Å². The Morgan fingerprint density at radius 2 is 1.59 bits per heavy atom. The first-order valence-electron chi connectivity index (χ1n) is 11.6. The highest BCUT2D eigenvalue weighted by Gasteiger charge is 2.30. The molecule has 5 aromatic rings. The number of aryl methyl sites for hydroxylation is 2. The van der Waals surface area contributed by atoms with Crippen molar-refractivity contribution in [2.24, 2.45) is 0 Å². The Labute approximate surface area is 227 Å². The predicted octanol–water partition coefficient (Wildman–Crippen LogP) is 7.55. The normalized spacial score (nSPS) is 12.2. The van der Waals surface area contributed by atoms with Gasteiger partial charge in [0.25, 0.3) is 0 Å². The smallest absolute Gasteiger partial charge is 0.416 e. The van der Waals surface area contributed by atoms with Crippen LogP contribution in [0.5, 0.6) is 0 Å². The molecule has 0 saturated heterocycles. The summed E-state index contributed by atoms with van der Waals surface area (Å²) >= 11 is 6.28. The number of benzene rings is 3. The molecule has 0 unspecified atom stereocenters. The first kappa shape index (κ1) is 26.7. The Kier molecular flexibility index (Phi) is 6.64. The molecule has 5 rings (SSSR count). The highest BCUT2D eigenvalue weighted by atomic mass is 35.5. The second kappa shape index (κ2) is 9.69. The fourth-order valence-electron chi connectivity index (χ4n) is 4.19. The third kappa shape index (κ3) is 5.35. The maximum absolute atomic E-state index is 13.2. The van der Waals surface area contributed by atoms with Crippen molar-refractivity contribution in [2.75, 3.05) is 6.26 Å². The molecule has 0 aliphatic rings. The van der Waals surface area contributed by atoms with E-state index in [1.165, 1.54) is 18.2 Å². The Balaban J connectivity index is 1.72. The van der Waals surface area contributed by atoms with Gasteiger partial charge in [0, 0.05) is 30.5 Å². The maximum atomic E-state index is 13.2. The number of sulfone groups is 1. The second-order valence-corrected chi connectivity index (χ2v) is 11.4. The molecule has 3 aromatic carbocycles. The molecule has 0 amide bonds. The van der Waals surface area contributed by atoms with Gasteiger partial charge in [0.1, 0.15) is 5.69 Å². The fraction of sp³-hybridized carbons (Fsp3) is 0.143. The molecule has 2 heterocycles. The number of oxazole rings is 1. The Bertz CT molecular complexity index is 1790. The number of hydrogen-bond acceptors (Lipinski definition) is 5. The quantitative estimate of drug-likeness (QED) is 0.218. The van der Waals surface area contributed by atoms with Crippen LogP contribution in [0, 0.1) is 13.8 Å². The van der Waals surface area contributed by atoms with Gasteiger partial charge in [-0.25, -0.2) is 18.1 Å². The zero-order chi connectivity index (χ0) is 28.1. The molecule has 0 bridgehead atoms. The van der Waals surface area contributed by atoms with Gasteiger partial charge in [-0.2, -0.15) is 18.3 Å². The van der Waals surface area contributed by atoms with Crippen molar-refractivity contribution in [1.82, 2.24) is 14.8 Å². The summed E-state index contributed by atoms with van der Waals surface area (Å²) in [5, 5.41) is 4.93. The molecule has 39 heavy (non-hydrogen) atoms. The van der Waals surface area contributed by atoms with E-state index in [0.29, 0.717) is 56.0 Å². The average Bonchev–Trinajstić information content (AvgIpc) is 3.44. The van der Waals surface area contributed by atoms with E-state index in [1.807, 2.05) is 6.07 Å². The first-order valence-corrected chi connectivity index (χ1v) is 13.9. The molecule has 0 aliphatic heterocycles. The SMILES string of the molecule is Cc1nc(-c2ccc(C(F)(F)F)cc2)c(-c2cc(-c3cccc(S(C)(=O)=O)c3)ccc2-n2cc(Cl)c(C)n2)o1. The minimum atomic E-state index is -4.47. The van der Waals surface area contributed by atoms with Crippen LogP contribution in [0.25, 0.3) is 39.4 Å². The molecule has 200 valence electrons. The molecule has 0 N–H and O–H groups in total. The summed E-state index contributed by atoms with van der Waals surface area (Å²) in [5.74, 6) is 0.623. The number of nitrogens with zero attached hydrogens (tertiary/aromatic N) is 3. The summed E-state index contributed by atoms with van der Waals surface area (Å²) in [6.45, 7) is 3.40. The maximum Gasteiger partial charge on any atom is 0.416 e. The molecular formula is C28H21ClF3N3O3S. The number of aromatic nitrogens is 3. The van der Waals surface area contributed by atoms with E-state index in [4.69, 9.17) is 16.0 Å². The Morgan fingerprint density at radius 1 is 0.923 bits per heavy atom. The predicted molar refractivity (Wildman–Crippen MR) is 143 cm³/mol. The third-order valence-corrected chi connectivity index (χ3v) is 7.62. The summed E-state index contributed by atoms with van der Waals surface area (Å²) < 4.78 is 71.4. The number of alkyl halides is 3. The van der Waals surface area contributed by atoms with Crippen molar-refractivity contribution in [2.45, 2.75) is 24.9 Å². The monoisotopic (exact) mass is 571 g/mol. The van der Waals surface area contributed by atoms with Gasteiger partial charge in [-0.1, -0.05) is 41.9 Å². The second-order valence-electron chi connectivity index (χ2n) is 9.02. The minimum Gasteiger partial charge on any atom is -0.440 e. The van der Waals surface area contributed by atoms with Crippen molar-refractivity contribution < 1.29 is 26.0 Å². The van der Waals surface area contributed by atoms with Crippen LogP contribution in [0.2, 0.25) is 5.02 Å². The lowest BCUT2D eigenvalue weighted by Crippen LogP contribution is -2.04. The topological polar surface area (TPSA) is 78.0 Å². The van der Waals surface area contributed by atoms with Gasteiger partial charge in [-0.15, -0.1) is 0 Å². The summed E-state index contributed by atoms with van der Waals surface area (Å²) in [7, 11) is -3.44. The van der Waals surface area contributed by atoms with Crippen molar-refractivity contribution in [1.29, 1.82) is 0 Å². The fourth-order valence-corrected chi connectivity index (χ4v) is 4.99. The van der Waals surface area contributed by atoms with Crippen LogP contribution in [-0.4, -0.2) is 29.4 Å². The van der Waals surface area contributed by atoms with Crippen molar-refractivity contribution in [3.8, 4) is 39.4 Å². The molecule has 0 spiro atoms. The zero-order valence-electron chi connectivity index (χ0n) is 20.9. The molecule has 0 atom stereocenters. The van der Waals surface area contributed by atoms with E-state index >= 15 is 0 Å². The minimum absolute atomic E-state index is 0.168. The van der Waals surface area contributed by atoms with Crippen LogP contribution in [0.15, 0.2) is 82.2 Å². The van der Waals surface area contributed by atoms with Crippen molar-refractivity contribution in [3.05, 3.63) is 95.1 Å². The molecule has 0 radical (unpaired) electrons. The van der Waals surface area contributed by atoms with Gasteiger partial charge in [-0.3, -0.25) is 0 Å². The Hall–Kier alpha value is -3.89. The molecule has 6 nitrogen and oxygen atoms in total. The first-order chi connectivity index (χ1) is 18.3. The van der Waals surface area contributed by atoms with E-state index in [9.17, 15) is 21.6 Å². The van der Waals surface area contributed by atoms with Crippen LogP contribution in [0.4, 0.5) is 13.2 Å². The van der Waals surface area contributed by atoms with E-state index in [1.54, 1.807) is 55.1 Å². The highest BCUT2D eigenvalue weighted by Crippen LogP contribution is 2.40. The van der Waals surface area contributed by atoms with Gasteiger partial charge in [0.05, 0.1) is 26.9 Å². The lowest BCUT2D eigenvalue weighted by Gasteiger charge is -2.13. The van der Waals surface area contributed by atoms with Crippen LogP contribution in [0.3, 0.4) is 0 Å². The molecule has 0 fully saturated rings. The van der Waals surface area contributed by atoms with Crippen LogP contribution in [-0.2, 0) is 16.0 Å². The third-order valence-electron chi connectivity index (χ3n) is 6.14. The summed E-state index contributed by atoms with van der Waals surface area (Å²) in [6.07, 6.45) is -1.70. The molecule has 0 saturated carbocycles. The van der Waals surface area contributed by atoms with Gasteiger partial charge in [0.15, 0.2) is 21.5 Å². The zero-order valence-corrected chi connectivity index (χ0v) is 22.5. The van der Waals surface area contributed by atoms with Gasteiger partial charge < -0.3 is 4.42 Å². The van der Waals surface area contributed by atoms with Gasteiger partial charge in [0.2, 0.25) is 0 Å². The summed E-state index contributed by atoms with van der Waals surface area (Å²) in [5.41, 5.74) is 3.05. The molecule has 2 aromatic heterocycles. The number of halogens is 4. The molecular weight excluding hydrogens is 551 g/mol. The van der Waals surface area contributed by atoms with Gasteiger partial charge >= 0.3 is 6.18 Å². The Morgan fingerprint density at radius 3 is 2.21 bits per heavy atom. The van der Waals surface area contributed by atoms with Crippen LogP contribution < -0.4 is 0 Å². The van der Waals surface area contributed by atoms with Crippen molar-refractivity contribution in [3.63, 3.8) is 0 Å². The van der Waals surface area contributed by atoms with E-state index in [-0.39, 0.29) is 4.90 Å². The number of rotatable bonds is 5. The summed E-state index contributed by atoms with van der Waals surface area (Å²) in [4.78, 5) is 4.64. The largest absolute Gasteiger partial charge is 0.440 e. The van der Waals surface area contributed by atoms with Gasteiger partial charge in [-0.05, 0) is 54.4 Å². The van der Waals surface area contributed by atoms with E-state index in [2.05, 4.69) is 10.1 Å².